The van der Waals surface area contributed by atoms with Gasteiger partial charge >= 0.3 is 0 Å². The van der Waals surface area contributed by atoms with E-state index in [1.165, 1.54) is 11.8 Å². The molecule has 0 aromatic carbocycles. The topological polar surface area (TPSA) is 80.9 Å². The van der Waals surface area contributed by atoms with Gasteiger partial charge < -0.3 is 0 Å². The van der Waals surface area contributed by atoms with Crippen molar-refractivity contribution < 1.29 is 4.79 Å². The molecule has 1 rings (SSSR count). The first-order valence-electron chi connectivity index (χ1n) is 5.00. The molecule has 0 fully saturated rings. The van der Waals surface area contributed by atoms with Gasteiger partial charge in [0.1, 0.15) is 0 Å². The summed E-state index contributed by atoms with van der Waals surface area (Å²) in [6, 6.07) is 0. The molecule has 88 valence electrons. The monoisotopic (exact) mass is 240 g/mol. The second kappa shape index (κ2) is 5.81. The van der Waals surface area contributed by atoms with Crippen LogP contribution in [0.3, 0.4) is 0 Å². The fourth-order valence-corrected chi connectivity index (χ4v) is 2.03. The van der Waals surface area contributed by atoms with Gasteiger partial charge in [0.05, 0.1) is 5.25 Å². The second-order valence-electron chi connectivity index (χ2n) is 3.83. The summed E-state index contributed by atoms with van der Waals surface area (Å²) in [6.45, 7) is 5.84. The lowest BCUT2D eigenvalue weighted by Crippen LogP contribution is -2.40. The van der Waals surface area contributed by atoms with Crippen LogP contribution in [-0.2, 0) is 4.79 Å². The van der Waals surface area contributed by atoms with Crippen LogP contribution in [0, 0.1) is 12.8 Å². The van der Waals surface area contributed by atoms with Crippen molar-refractivity contribution >= 4 is 17.7 Å². The van der Waals surface area contributed by atoms with Gasteiger partial charge in [-0.05, 0) is 18.4 Å². The van der Waals surface area contributed by atoms with Crippen LogP contribution in [0.15, 0.2) is 17.6 Å². The number of nitrogens with one attached hydrogen (secondary N) is 1. The largest absolute Gasteiger partial charge is 0.293 e. The standard InChI is InChI=1S/C10H16N4OS/c1-6(2)8(9(15)14-11)16-10-12-4-7(3)5-13-10/h4-6,8H,11H2,1-3H3,(H,14,15). The van der Waals surface area contributed by atoms with Crippen LogP contribution in [0.25, 0.3) is 0 Å². The molecule has 3 N–H and O–H groups in total. The van der Waals surface area contributed by atoms with Crippen molar-refractivity contribution in [1.29, 1.82) is 0 Å². The molecule has 5 nitrogen and oxygen atoms in total. The minimum absolute atomic E-state index is 0.165. The van der Waals surface area contributed by atoms with Crippen molar-refractivity contribution in [2.75, 3.05) is 0 Å². The van der Waals surface area contributed by atoms with Gasteiger partial charge in [-0.2, -0.15) is 0 Å². The Hall–Kier alpha value is -1.14. The predicted molar refractivity (Wildman–Crippen MR) is 63.6 cm³/mol. The van der Waals surface area contributed by atoms with Crippen molar-refractivity contribution in [3.05, 3.63) is 18.0 Å². The molecule has 0 saturated heterocycles. The molecule has 0 aliphatic rings. The predicted octanol–water partition coefficient (Wildman–Crippen LogP) is 0.892. The Morgan fingerprint density at radius 1 is 1.44 bits per heavy atom. The smallest absolute Gasteiger partial charge is 0.247 e. The Bertz CT molecular complexity index is 352. The average molecular weight is 240 g/mol. The van der Waals surface area contributed by atoms with Crippen LogP contribution in [0.4, 0.5) is 0 Å². The SMILES string of the molecule is Cc1cnc(SC(C(=O)NN)C(C)C)nc1. The highest BCUT2D eigenvalue weighted by molar-refractivity contribution is 8.00. The van der Waals surface area contributed by atoms with Gasteiger partial charge in [0, 0.05) is 12.4 Å². The number of carbonyl (C=O) groups is 1. The summed E-state index contributed by atoms with van der Waals surface area (Å²) in [4.78, 5) is 19.8. The van der Waals surface area contributed by atoms with Crippen molar-refractivity contribution in [1.82, 2.24) is 15.4 Å². The van der Waals surface area contributed by atoms with Crippen LogP contribution in [0.5, 0.6) is 0 Å². The number of aryl methyl sites for hydroxylation is 1. The molecule has 0 spiro atoms. The Morgan fingerprint density at radius 3 is 2.44 bits per heavy atom. The van der Waals surface area contributed by atoms with Gasteiger partial charge in [0.15, 0.2) is 5.16 Å². The van der Waals surface area contributed by atoms with Crippen molar-refractivity contribution in [3.63, 3.8) is 0 Å². The molecule has 0 saturated carbocycles. The van der Waals surface area contributed by atoms with Crippen LogP contribution < -0.4 is 11.3 Å². The first-order chi connectivity index (χ1) is 7.54. The fraction of sp³-hybridized carbons (Fsp3) is 0.500. The van der Waals surface area contributed by atoms with E-state index in [9.17, 15) is 4.79 Å². The first-order valence-corrected chi connectivity index (χ1v) is 5.88. The van der Waals surface area contributed by atoms with E-state index >= 15 is 0 Å². The third-order valence-electron chi connectivity index (χ3n) is 2.00. The average Bonchev–Trinajstić information content (AvgIpc) is 2.27. The summed E-state index contributed by atoms with van der Waals surface area (Å²) in [5.41, 5.74) is 3.16. The Labute approximate surface area is 99.2 Å². The molecular weight excluding hydrogens is 224 g/mol. The van der Waals surface area contributed by atoms with Gasteiger partial charge in [0.2, 0.25) is 5.91 Å². The molecule has 16 heavy (non-hydrogen) atoms. The number of carbonyl (C=O) groups excluding carboxylic acids is 1. The number of rotatable bonds is 4. The summed E-state index contributed by atoms with van der Waals surface area (Å²) >= 11 is 1.32. The molecule has 1 heterocycles. The highest BCUT2D eigenvalue weighted by Gasteiger charge is 2.23. The lowest BCUT2D eigenvalue weighted by Gasteiger charge is -2.17. The van der Waals surface area contributed by atoms with Gasteiger partial charge in [0.25, 0.3) is 0 Å². The third kappa shape index (κ3) is 3.46. The summed E-state index contributed by atoms with van der Waals surface area (Å²) < 4.78 is 0. The van der Waals surface area contributed by atoms with Crippen LogP contribution in [0.2, 0.25) is 0 Å². The maximum absolute atomic E-state index is 11.5. The normalized spacial score (nSPS) is 12.6. The molecule has 1 aromatic heterocycles. The maximum atomic E-state index is 11.5. The number of hydrogen-bond donors (Lipinski definition) is 2. The van der Waals surface area contributed by atoms with E-state index in [0.717, 1.165) is 5.56 Å². The van der Waals surface area contributed by atoms with E-state index in [4.69, 9.17) is 5.84 Å². The molecule has 0 radical (unpaired) electrons. The highest BCUT2D eigenvalue weighted by atomic mass is 32.2. The highest BCUT2D eigenvalue weighted by Crippen LogP contribution is 2.25. The van der Waals surface area contributed by atoms with Gasteiger partial charge in [-0.15, -0.1) is 0 Å². The third-order valence-corrected chi connectivity index (χ3v) is 3.43. The lowest BCUT2D eigenvalue weighted by molar-refractivity contribution is -0.121. The molecule has 0 aliphatic carbocycles. The van der Waals surface area contributed by atoms with E-state index in [-0.39, 0.29) is 17.1 Å². The van der Waals surface area contributed by atoms with Crippen LogP contribution >= 0.6 is 11.8 Å². The molecule has 0 bridgehead atoms. The number of hydrogen-bond acceptors (Lipinski definition) is 5. The molecule has 1 unspecified atom stereocenters. The Kier molecular flexibility index (Phi) is 4.70. The molecule has 1 atom stereocenters. The molecule has 0 aliphatic heterocycles. The van der Waals surface area contributed by atoms with E-state index in [2.05, 4.69) is 15.4 Å². The number of aromatic nitrogens is 2. The minimum Gasteiger partial charge on any atom is -0.293 e. The van der Waals surface area contributed by atoms with Crippen LogP contribution in [-0.4, -0.2) is 21.1 Å². The van der Waals surface area contributed by atoms with E-state index in [0.29, 0.717) is 5.16 Å². The van der Waals surface area contributed by atoms with Crippen LogP contribution in [0.1, 0.15) is 19.4 Å². The zero-order valence-electron chi connectivity index (χ0n) is 9.60. The molecular formula is C10H16N4OS. The first kappa shape index (κ1) is 12.9. The zero-order valence-corrected chi connectivity index (χ0v) is 10.4. The van der Waals surface area contributed by atoms with E-state index in [1.807, 2.05) is 20.8 Å². The van der Waals surface area contributed by atoms with Gasteiger partial charge in [-0.1, -0.05) is 25.6 Å². The summed E-state index contributed by atoms with van der Waals surface area (Å²) in [5, 5.41) is 0.320. The van der Waals surface area contributed by atoms with Crippen molar-refractivity contribution in [2.24, 2.45) is 11.8 Å². The summed E-state index contributed by atoms with van der Waals surface area (Å²) in [5.74, 6) is 5.10. The fourth-order valence-electron chi connectivity index (χ4n) is 1.13. The molecule has 1 aromatic rings. The summed E-state index contributed by atoms with van der Waals surface area (Å²) in [6.07, 6.45) is 3.46. The van der Waals surface area contributed by atoms with Gasteiger partial charge in [-0.25, -0.2) is 15.8 Å². The quantitative estimate of drug-likeness (QED) is 0.268. The second-order valence-corrected chi connectivity index (χ2v) is 4.94. The Morgan fingerprint density at radius 2 is 2.00 bits per heavy atom. The van der Waals surface area contributed by atoms with E-state index in [1.54, 1.807) is 12.4 Å². The molecule has 6 heteroatoms. The number of nitrogens with two attached hydrogens (primary N) is 1. The number of nitrogens with zero attached hydrogens (tertiary/aromatic N) is 2. The number of thioether (sulfide) groups is 1. The number of amides is 1. The minimum atomic E-state index is -0.271. The number of hydrazine groups is 1. The lowest BCUT2D eigenvalue weighted by atomic mass is 10.1. The van der Waals surface area contributed by atoms with Crippen molar-refractivity contribution in [3.8, 4) is 0 Å². The zero-order chi connectivity index (χ0) is 12.1. The molecule has 1 amide bonds. The van der Waals surface area contributed by atoms with Gasteiger partial charge in [-0.3, -0.25) is 10.2 Å². The maximum Gasteiger partial charge on any atom is 0.247 e. The van der Waals surface area contributed by atoms with Crippen molar-refractivity contribution in [2.45, 2.75) is 31.2 Å². The summed E-state index contributed by atoms with van der Waals surface area (Å²) in [7, 11) is 0. The van der Waals surface area contributed by atoms with E-state index < -0.39 is 0 Å². The Balaban J connectivity index is 2.75.